The smallest absolute Gasteiger partial charge is 0.263 e. The molecule has 3 rings (SSSR count). The van der Waals surface area contributed by atoms with Crippen LogP contribution in [0.25, 0.3) is 0 Å². The maximum Gasteiger partial charge on any atom is 0.263 e. The minimum absolute atomic E-state index is 0.00707. The highest BCUT2D eigenvalue weighted by Gasteiger charge is 2.43. The van der Waals surface area contributed by atoms with Crippen molar-refractivity contribution in [1.82, 2.24) is 15.2 Å². The predicted molar refractivity (Wildman–Crippen MR) is 135 cm³/mol. The molecular formula is C23H24BrN3O6S2. The van der Waals surface area contributed by atoms with Gasteiger partial charge >= 0.3 is 0 Å². The molecule has 1 amide bonds. The second-order valence-electron chi connectivity index (χ2n) is 7.97. The number of aromatic nitrogens is 1. The van der Waals surface area contributed by atoms with Gasteiger partial charge in [0.05, 0.1) is 21.1 Å². The number of rotatable bonds is 10. The first kappa shape index (κ1) is 27.0. The van der Waals surface area contributed by atoms with Crippen LogP contribution in [0.4, 0.5) is 0 Å². The summed E-state index contributed by atoms with van der Waals surface area (Å²) in [7, 11) is -5.97. The van der Waals surface area contributed by atoms with Crippen LogP contribution < -0.4 is 14.9 Å². The van der Waals surface area contributed by atoms with Gasteiger partial charge in [0, 0.05) is 21.5 Å². The maximum atomic E-state index is 13.1. The number of hydroxylamine groups is 1. The largest absolute Gasteiger partial charge is 0.457 e. The van der Waals surface area contributed by atoms with Crippen LogP contribution in [-0.4, -0.2) is 39.5 Å². The van der Waals surface area contributed by atoms with E-state index in [2.05, 4.69) is 25.6 Å². The van der Waals surface area contributed by atoms with Crippen molar-refractivity contribution in [2.24, 2.45) is 0 Å². The lowest BCUT2D eigenvalue weighted by molar-refractivity contribution is -0.131. The minimum atomic E-state index is -4.23. The Balaban J connectivity index is 1.79. The molecule has 0 aliphatic rings. The van der Waals surface area contributed by atoms with Crippen LogP contribution in [-0.2, 0) is 31.4 Å². The lowest BCUT2D eigenvalue weighted by Crippen LogP contribution is -2.59. The van der Waals surface area contributed by atoms with Gasteiger partial charge in [0.1, 0.15) is 17.5 Å². The van der Waals surface area contributed by atoms with Crippen LogP contribution in [0, 0.1) is 0 Å². The van der Waals surface area contributed by atoms with E-state index in [9.17, 15) is 22.6 Å². The number of halogens is 1. The number of nitrogens with zero attached hydrogens (tertiary/aromatic N) is 1. The monoisotopic (exact) mass is 581 g/mol. The number of hydrogen-bond acceptors (Lipinski definition) is 7. The Bertz CT molecular complexity index is 1290. The molecule has 0 aliphatic carbocycles. The first-order chi connectivity index (χ1) is 16.5. The number of amides is 1. The van der Waals surface area contributed by atoms with Gasteiger partial charge < -0.3 is 4.74 Å². The summed E-state index contributed by atoms with van der Waals surface area (Å²) >= 11 is 3.34. The quantitative estimate of drug-likeness (QED) is 0.246. The van der Waals surface area contributed by atoms with E-state index in [1.165, 1.54) is 43.6 Å². The van der Waals surface area contributed by atoms with E-state index < -0.39 is 37.5 Å². The molecule has 1 aromatic heterocycles. The van der Waals surface area contributed by atoms with Gasteiger partial charge in [0.15, 0.2) is 0 Å². The number of nitrogens with one attached hydrogen (secondary N) is 2. The fourth-order valence-corrected chi connectivity index (χ4v) is 5.98. The van der Waals surface area contributed by atoms with E-state index in [4.69, 9.17) is 4.74 Å². The lowest BCUT2D eigenvalue weighted by atomic mass is 10.0. The molecule has 186 valence electrons. The lowest BCUT2D eigenvalue weighted by Gasteiger charge is -2.32. The zero-order valence-electron chi connectivity index (χ0n) is 18.8. The van der Waals surface area contributed by atoms with Gasteiger partial charge in [-0.1, -0.05) is 22.0 Å². The highest BCUT2D eigenvalue weighted by atomic mass is 79.9. The third-order valence-electron chi connectivity index (χ3n) is 5.12. The second-order valence-corrected chi connectivity index (χ2v) is 12.6. The molecule has 0 aliphatic heterocycles. The van der Waals surface area contributed by atoms with E-state index in [0.717, 1.165) is 4.47 Å². The fourth-order valence-electron chi connectivity index (χ4n) is 3.06. The molecule has 12 heteroatoms. The van der Waals surface area contributed by atoms with Crippen LogP contribution in [0.2, 0.25) is 0 Å². The van der Waals surface area contributed by atoms with E-state index in [1.54, 1.807) is 36.5 Å². The van der Waals surface area contributed by atoms with Crippen molar-refractivity contribution in [3.63, 3.8) is 0 Å². The van der Waals surface area contributed by atoms with Crippen molar-refractivity contribution in [2.45, 2.75) is 35.3 Å². The molecule has 3 N–H and O–H groups in total. The van der Waals surface area contributed by atoms with Gasteiger partial charge in [-0.2, -0.15) is 4.72 Å². The fraction of sp³-hybridized carbons (Fsp3) is 0.217. The Hall–Kier alpha value is -2.64. The Morgan fingerprint density at radius 2 is 1.69 bits per heavy atom. The van der Waals surface area contributed by atoms with Crippen LogP contribution in [0.5, 0.6) is 11.5 Å². The summed E-state index contributed by atoms with van der Waals surface area (Å²) in [6.07, 6.45) is 1.55. The molecule has 0 saturated heterocycles. The van der Waals surface area contributed by atoms with Crippen LogP contribution in [0.15, 0.2) is 82.3 Å². The van der Waals surface area contributed by atoms with Crippen LogP contribution in [0.1, 0.15) is 19.5 Å². The summed E-state index contributed by atoms with van der Waals surface area (Å²) in [5.41, 5.74) is 1.98. The van der Waals surface area contributed by atoms with Gasteiger partial charge in [-0.25, -0.2) is 13.9 Å². The molecule has 35 heavy (non-hydrogen) atoms. The molecule has 9 nitrogen and oxygen atoms in total. The first-order valence-electron chi connectivity index (χ1n) is 10.3. The van der Waals surface area contributed by atoms with Crippen LogP contribution >= 0.6 is 15.9 Å². The van der Waals surface area contributed by atoms with Crippen molar-refractivity contribution >= 4 is 42.7 Å². The van der Waals surface area contributed by atoms with E-state index >= 15 is 0 Å². The minimum Gasteiger partial charge on any atom is -0.457 e. The second kappa shape index (κ2) is 11.4. The molecule has 2 atom stereocenters. The number of hydrogen-bond donors (Lipinski definition) is 3. The summed E-state index contributed by atoms with van der Waals surface area (Å²) < 4.78 is 46.7. The third kappa shape index (κ3) is 6.95. The number of carbonyl (C=O) groups is 1. The van der Waals surface area contributed by atoms with Gasteiger partial charge in [0.25, 0.3) is 5.91 Å². The predicted octanol–water partition coefficient (Wildman–Crippen LogP) is 3.52. The first-order valence-corrected chi connectivity index (χ1v) is 13.9. The van der Waals surface area contributed by atoms with Crippen molar-refractivity contribution in [3.8, 4) is 11.5 Å². The average Bonchev–Trinajstić information content (AvgIpc) is 2.84. The molecule has 2 unspecified atom stereocenters. The Labute approximate surface area is 214 Å². The third-order valence-corrected chi connectivity index (χ3v) is 9.05. The van der Waals surface area contributed by atoms with Crippen molar-refractivity contribution < 1.29 is 27.4 Å². The van der Waals surface area contributed by atoms with Crippen molar-refractivity contribution in [1.29, 1.82) is 0 Å². The summed E-state index contributed by atoms with van der Waals surface area (Å²) in [6.45, 7) is 2.95. The summed E-state index contributed by atoms with van der Waals surface area (Å²) in [5, 5.41) is 9.24. The standard InChI is InChI=1S/C23H24BrN3O6S2/c1-23(2,34(30)15-17-5-3-4-14-25-17)21(22(28)26-29)27-35(31,32)20-12-10-19(11-13-20)33-18-8-6-16(24)7-9-18/h3-14,21,27,29H,15H2,1-2H3,(H,26,28). The SMILES string of the molecule is CC(C)(C(NS(=O)(=O)c1ccc(Oc2ccc(Br)cc2)cc1)C(=O)NO)S(=O)Cc1ccccn1. The molecule has 0 radical (unpaired) electrons. The van der Waals surface area contributed by atoms with Crippen molar-refractivity contribution in [3.05, 3.63) is 83.1 Å². The average molecular weight is 582 g/mol. The van der Waals surface area contributed by atoms with Crippen LogP contribution in [0.3, 0.4) is 0 Å². The summed E-state index contributed by atoms with van der Waals surface area (Å²) in [6, 6.07) is 16.3. The topological polar surface area (TPSA) is 135 Å². The van der Waals surface area contributed by atoms with Gasteiger partial charge in [-0.15, -0.1) is 0 Å². The Kier molecular flexibility index (Phi) is 8.78. The molecular weight excluding hydrogens is 558 g/mol. The number of benzene rings is 2. The number of sulfonamides is 1. The molecule has 0 spiro atoms. The molecule has 2 aromatic carbocycles. The zero-order valence-corrected chi connectivity index (χ0v) is 22.1. The van der Waals surface area contributed by atoms with Gasteiger partial charge in [-0.05, 0) is 74.5 Å². The highest BCUT2D eigenvalue weighted by Crippen LogP contribution is 2.26. The number of ether oxygens (including phenoxy) is 1. The highest BCUT2D eigenvalue weighted by molar-refractivity contribution is 9.10. The van der Waals surface area contributed by atoms with E-state index in [1.807, 2.05) is 12.1 Å². The molecule has 0 saturated carbocycles. The summed E-state index contributed by atoms with van der Waals surface area (Å²) in [4.78, 5) is 16.4. The Morgan fingerprint density at radius 3 is 2.23 bits per heavy atom. The van der Waals surface area contributed by atoms with E-state index in [-0.39, 0.29) is 10.6 Å². The molecule has 3 aromatic rings. The maximum absolute atomic E-state index is 13.1. The van der Waals surface area contributed by atoms with Gasteiger partial charge in [0.2, 0.25) is 10.0 Å². The summed E-state index contributed by atoms with van der Waals surface area (Å²) in [5.74, 6) is -0.0676. The molecule has 1 heterocycles. The van der Waals surface area contributed by atoms with E-state index in [0.29, 0.717) is 17.2 Å². The molecule has 0 bridgehead atoms. The van der Waals surface area contributed by atoms with Gasteiger partial charge in [-0.3, -0.25) is 19.2 Å². The normalized spacial score (nSPS) is 13.6. The number of carbonyl (C=O) groups excluding carboxylic acids is 1. The Morgan fingerprint density at radius 1 is 1.09 bits per heavy atom. The zero-order chi connectivity index (χ0) is 25.6. The van der Waals surface area contributed by atoms with Crippen molar-refractivity contribution in [2.75, 3.05) is 0 Å². The molecule has 0 fully saturated rings. The number of pyridine rings is 1.